The van der Waals surface area contributed by atoms with Crippen molar-refractivity contribution in [1.82, 2.24) is 9.88 Å². The fraction of sp³-hybridized carbons (Fsp3) is 0.667. The summed E-state index contributed by atoms with van der Waals surface area (Å²) in [6, 6.07) is 0.355. The third kappa shape index (κ3) is 2.07. The SMILES string of the molecule is CC1CN(Cc2cncs2)CC1N. The molecule has 0 aliphatic carbocycles. The molecule has 1 aliphatic heterocycles. The molecule has 4 heteroatoms. The Bertz CT molecular complexity index is 250. The number of rotatable bonds is 2. The maximum absolute atomic E-state index is 5.94. The van der Waals surface area contributed by atoms with Gasteiger partial charge in [-0.3, -0.25) is 9.88 Å². The number of hydrogen-bond donors (Lipinski definition) is 1. The molecule has 1 aromatic heterocycles. The molecule has 2 atom stereocenters. The number of nitrogens with zero attached hydrogens (tertiary/aromatic N) is 2. The zero-order valence-electron chi connectivity index (χ0n) is 7.81. The monoisotopic (exact) mass is 197 g/mol. The molecule has 1 aromatic rings. The van der Waals surface area contributed by atoms with Crippen LogP contribution < -0.4 is 5.73 Å². The third-order valence-electron chi connectivity index (χ3n) is 2.61. The molecule has 0 aromatic carbocycles. The average Bonchev–Trinajstić information content (AvgIpc) is 2.64. The van der Waals surface area contributed by atoms with Gasteiger partial charge in [-0.25, -0.2) is 0 Å². The minimum atomic E-state index is 0.355. The highest BCUT2D eigenvalue weighted by molar-refractivity contribution is 7.09. The summed E-state index contributed by atoms with van der Waals surface area (Å²) in [6.45, 7) is 5.39. The molecule has 1 fully saturated rings. The Balaban J connectivity index is 1.91. The Morgan fingerprint density at radius 1 is 1.69 bits per heavy atom. The molecular formula is C9H15N3S. The Kier molecular flexibility index (Phi) is 2.62. The fourth-order valence-electron chi connectivity index (χ4n) is 1.76. The standard InChI is InChI=1S/C9H15N3S/c1-7-3-12(5-9(7)10)4-8-2-11-6-13-8/h2,6-7,9H,3-5,10H2,1H3. The van der Waals surface area contributed by atoms with Crippen molar-refractivity contribution in [2.75, 3.05) is 13.1 Å². The first-order chi connectivity index (χ1) is 6.25. The summed E-state index contributed by atoms with van der Waals surface area (Å²) in [6.07, 6.45) is 1.94. The molecule has 1 aliphatic rings. The van der Waals surface area contributed by atoms with Gasteiger partial charge in [-0.05, 0) is 5.92 Å². The van der Waals surface area contributed by atoms with Crippen molar-refractivity contribution >= 4 is 11.3 Å². The lowest BCUT2D eigenvalue weighted by Crippen LogP contribution is -2.28. The maximum atomic E-state index is 5.94. The molecular weight excluding hydrogens is 182 g/mol. The molecule has 1 saturated heterocycles. The molecule has 3 nitrogen and oxygen atoms in total. The van der Waals surface area contributed by atoms with E-state index < -0.39 is 0 Å². The summed E-state index contributed by atoms with van der Waals surface area (Å²) >= 11 is 1.72. The molecule has 2 rings (SSSR count). The van der Waals surface area contributed by atoms with Crippen LogP contribution in [0, 0.1) is 5.92 Å². The van der Waals surface area contributed by atoms with Crippen LogP contribution in [-0.4, -0.2) is 29.0 Å². The zero-order valence-corrected chi connectivity index (χ0v) is 8.63. The highest BCUT2D eigenvalue weighted by atomic mass is 32.1. The van der Waals surface area contributed by atoms with Crippen molar-refractivity contribution in [3.8, 4) is 0 Å². The van der Waals surface area contributed by atoms with Crippen molar-refractivity contribution < 1.29 is 0 Å². The largest absolute Gasteiger partial charge is 0.326 e. The maximum Gasteiger partial charge on any atom is 0.0794 e. The predicted molar refractivity (Wildman–Crippen MR) is 54.5 cm³/mol. The van der Waals surface area contributed by atoms with Gasteiger partial charge in [0.2, 0.25) is 0 Å². The van der Waals surface area contributed by atoms with Crippen molar-refractivity contribution in [2.45, 2.75) is 19.5 Å². The van der Waals surface area contributed by atoms with E-state index in [1.54, 1.807) is 11.3 Å². The van der Waals surface area contributed by atoms with E-state index in [2.05, 4.69) is 16.8 Å². The van der Waals surface area contributed by atoms with Crippen LogP contribution >= 0.6 is 11.3 Å². The van der Waals surface area contributed by atoms with Gasteiger partial charge in [-0.1, -0.05) is 6.92 Å². The van der Waals surface area contributed by atoms with Crippen molar-refractivity contribution in [2.24, 2.45) is 11.7 Å². The molecule has 0 spiro atoms. The molecule has 13 heavy (non-hydrogen) atoms. The summed E-state index contributed by atoms with van der Waals surface area (Å²) in [7, 11) is 0. The summed E-state index contributed by atoms with van der Waals surface area (Å²) in [5, 5.41) is 0. The van der Waals surface area contributed by atoms with Gasteiger partial charge >= 0.3 is 0 Å². The number of hydrogen-bond acceptors (Lipinski definition) is 4. The molecule has 0 bridgehead atoms. The molecule has 2 heterocycles. The molecule has 0 amide bonds. The van der Waals surface area contributed by atoms with E-state index in [4.69, 9.17) is 5.73 Å². The van der Waals surface area contributed by atoms with E-state index in [9.17, 15) is 0 Å². The molecule has 0 radical (unpaired) electrons. The number of likely N-dealkylation sites (tertiary alicyclic amines) is 1. The van der Waals surface area contributed by atoms with Crippen LogP contribution in [0.1, 0.15) is 11.8 Å². The van der Waals surface area contributed by atoms with Gasteiger partial charge in [-0.15, -0.1) is 11.3 Å². The van der Waals surface area contributed by atoms with Crippen molar-refractivity contribution in [3.63, 3.8) is 0 Å². The minimum Gasteiger partial charge on any atom is -0.326 e. The van der Waals surface area contributed by atoms with Crippen molar-refractivity contribution in [3.05, 3.63) is 16.6 Å². The van der Waals surface area contributed by atoms with Crippen LogP contribution in [0.3, 0.4) is 0 Å². The van der Waals surface area contributed by atoms with E-state index in [1.807, 2.05) is 11.7 Å². The fourth-order valence-corrected chi connectivity index (χ4v) is 2.40. The Morgan fingerprint density at radius 3 is 3.08 bits per heavy atom. The first-order valence-corrected chi connectivity index (χ1v) is 5.49. The van der Waals surface area contributed by atoms with E-state index in [0.717, 1.165) is 19.6 Å². The topological polar surface area (TPSA) is 42.2 Å². The normalized spacial score (nSPS) is 29.7. The van der Waals surface area contributed by atoms with Crippen molar-refractivity contribution in [1.29, 1.82) is 0 Å². The Labute approximate surface area is 82.6 Å². The number of thiazole rings is 1. The van der Waals surface area contributed by atoms with Crippen LogP contribution in [0.25, 0.3) is 0 Å². The molecule has 72 valence electrons. The lowest BCUT2D eigenvalue weighted by Gasteiger charge is -2.12. The summed E-state index contributed by atoms with van der Waals surface area (Å²) in [5.74, 6) is 0.632. The zero-order chi connectivity index (χ0) is 9.26. The van der Waals surface area contributed by atoms with Crippen LogP contribution in [-0.2, 0) is 6.54 Å². The van der Waals surface area contributed by atoms with Crippen LogP contribution in [0.4, 0.5) is 0 Å². The minimum absolute atomic E-state index is 0.355. The van der Waals surface area contributed by atoms with Gasteiger partial charge < -0.3 is 5.73 Å². The summed E-state index contributed by atoms with van der Waals surface area (Å²) in [4.78, 5) is 7.80. The Morgan fingerprint density at radius 2 is 2.54 bits per heavy atom. The second-order valence-corrected chi connectivity index (χ2v) is 4.77. The van der Waals surface area contributed by atoms with Gasteiger partial charge in [0.1, 0.15) is 0 Å². The lowest BCUT2D eigenvalue weighted by molar-refractivity contribution is 0.321. The number of aromatic nitrogens is 1. The van der Waals surface area contributed by atoms with E-state index in [0.29, 0.717) is 12.0 Å². The lowest BCUT2D eigenvalue weighted by atomic mass is 10.1. The third-order valence-corrected chi connectivity index (χ3v) is 3.37. The molecule has 0 saturated carbocycles. The second-order valence-electron chi connectivity index (χ2n) is 3.80. The highest BCUT2D eigenvalue weighted by Crippen LogP contribution is 2.18. The van der Waals surface area contributed by atoms with Crippen LogP contribution in [0.2, 0.25) is 0 Å². The van der Waals surface area contributed by atoms with Gasteiger partial charge in [0.15, 0.2) is 0 Å². The smallest absolute Gasteiger partial charge is 0.0794 e. The first kappa shape index (κ1) is 9.12. The highest BCUT2D eigenvalue weighted by Gasteiger charge is 2.26. The summed E-state index contributed by atoms with van der Waals surface area (Å²) in [5.41, 5.74) is 7.83. The van der Waals surface area contributed by atoms with Gasteiger partial charge in [0.25, 0.3) is 0 Å². The van der Waals surface area contributed by atoms with Gasteiger partial charge in [0, 0.05) is 36.8 Å². The second kappa shape index (κ2) is 3.74. The van der Waals surface area contributed by atoms with Crippen LogP contribution in [0.15, 0.2) is 11.7 Å². The number of nitrogens with two attached hydrogens (primary N) is 1. The van der Waals surface area contributed by atoms with Gasteiger partial charge in [-0.2, -0.15) is 0 Å². The molecule has 2 N–H and O–H groups in total. The average molecular weight is 197 g/mol. The van der Waals surface area contributed by atoms with Crippen LogP contribution in [0.5, 0.6) is 0 Å². The first-order valence-electron chi connectivity index (χ1n) is 4.61. The predicted octanol–water partition coefficient (Wildman–Crippen LogP) is 0.922. The van der Waals surface area contributed by atoms with E-state index in [-0.39, 0.29) is 0 Å². The quantitative estimate of drug-likeness (QED) is 0.766. The summed E-state index contributed by atoms with van der Waals surface area (Å²) < 4.78 is 0. The Hall–Kier alpha value is -0.450. The van der Waals surface area contributed by atoms with E-state index >= 15 is 0 Å². The van der Waals surface area contributed by atoms with E-state index in [1.165, 1.54) is 4.88 Å². The van der Waals surface area contributed by atoms with Gasteiger partial charge in [0.05, 0.1) is 5.51 Å². The molecule has 2 unspecified atom stereocenters.